The molecule has 0 N–H and O–H groups in total. The van der Waals surface area contributed by atoms with Gasteiger partial charge in [0.1, 0.15) is 17.3 Å². The molecule has 194 valence electrons. The molecular weight excluding hydrogens is 495 g/mol. The SMILES string of the molecule is CN(C(=O)n1nnn(-c2c(F)cccc2C(=O)N2CCOCC2)c1=O)c1ccccc1Oc1ccccc1. The standard InChI is InChI=1S/C26H23FN6O5/c1-30(21-12-5-6-13-22(21)38-18-8-3-2-4-9-18)25(35)33-26(36)32(28-29-33)23-19(10-7-11-20(23)27)24(34)31-14-16-37-17-15-31/h2-13H,14-17H2,1H3. The van der Waals surface area contributed by atoms with Crippen molar-refractivity contribution in [3.63, 3.8) is 0 Å². The highest BCUT2D eigenvalue weighted by atomic mass is 19.1. The fraction of sp³-hybridized carbons (Fsp3) is 0.192. The highest BCUT2D eigenvalue weighted by molar-refractivity contribution is 5.98. The molecule has 1 aliphatic rings. The van der Waals surface area contributed by atoms with Crippen LogP contribution in [-0.4, -0.2) is 70.0 Å². The number of nitrogens with zero attached hydrogens (tertiary/aromatic N) is 6. The highest BCUT2D eigenvalue weighted by Crippen LogP contribution is 2.31. The maximum absolute atomic E-state index is 15.0. The number of carbonyl (C=O) groups excluding carboxylic acids is 2. The summed E-state index contributed by atoms with van der Waals surface area (Å²) in [6.45, 7) is 1.35. The van der Waals surface area contributed by atoms with Gasteiger partial charge in [0.2, 0.25) is 0 Å². The Balaban J connectivity index is 1.47. The van der Waals surface area contributed by atoms with Crippen molar-refractivity contribution >= 4 is 17.6 Å². The molecule has 0 bridgehead atoms. The molecule has 0 spiro atoms. The average Bonchev–Trinajstić information content (AvgIpc) is 3.33. The van der Waals surface area contributed by atoms with Gasteiger partial charge < -0.3 is 14.4 Å². The van der Waals surface area contributed by atoms with Gasteiger partial charge in [-0.2, -0.15) is 4.68 Å². The van der Waals surface area contributed by atoms with E-state index in [4.69, 9.17) is 9.47 Å². The topological polar surface area (TPSA) is 112 Å². The van der Waals surface area contributed by atoms with Gasteiger partial charge in [-0.1, -0.05) is 36.4 Å². The van der Waals surface area contributed by atoms with Crippen LogP contribution < -0.4 is 15.3 Å². The number of morpholine rings is 1. The minimum absolute atomic E-state index is 0.0801. The third-order valence-corrected chi connectivity index (χ3v) is 5.97. The summed E-state index contributed by atoms with van der Waals surface area (Å²) in [5, 5.41) is 7.41. The zero-order valence-electron chi connectivity index (χ0n) is 20.4. The van der Waals surface area contributed by atoms with E-state index in [-0.39, 0.29) is 11.3 Å². The van der Waals surface area contributed by atoms with E-state index < -0.39 is 23.4 Å². The van der Waals surface area contributed by atoms with Crippen molar-refractivity contribution in [3.8, 4) is 17.2 Å². The summed E-state index contributed by atoms with van der Waals surface area (Å²) in [7, 11) is 1.44. The Kier molecular flexibility index (Phi) is 6.96. The number of ether oxygens (including phenoxy) is 2. The second kappa shape index (κ2) is 10.6. The summed E-state index contributed by atoms with van der Waals surface area (Å²) in [5.41, 5.74) is -1.15. The van der Waals surface area contributed by atoms with Gasteiger partial charge in [-0.3, -0.25) is 9.69 Å². The molecule has 38 heavy (non-hydrogen) atoms. The molecule has 11 nitrogen and oxygen atoms in total. The molecule has 1 aromatic heterocycles. The monoisotopic (exact) mass is 518 g/mol. The fourth-order valence-electron chi connectivity index (χ4n) is 4.03. The van der Waals surface area contributed by atoms with Crippen LogP contribution in [0.5, 0.6) is 11.5 Å². The zero-order chi connectivity index (χ0) is 26.6. The van der Waals surface area contributed by atoms with Gasteiger partial charge in [0.05, 0.1) is 24.5 Å². The first-order valence-electron chi connectivity index (χ1n) is 11.8. The lowest BCUT2D eigenvalue weighted by Crippen LogP contribution is -2.42. The molecule has 0 atom stereocenters. The van der Waals surface area contributed by atoms with Crippen molar-refractivity contribution < 1.29 is 23.5 Å². The Morgan fingerprint density at radius 2 is 1.66 bits per heavy atom. The Morgan fingerprint density at radius 1 is 0.947 bits per heavy atom. The second-order valence-corrected chi connectivity index (χ2v) is 8.35. The van der Waals surface area contributed by atoms with Crippen molar-refractivity contribution in [2.45, 2.75) is 0 Å². The van der Waals surface area contributed by atoms with E-state index in [9.17, 15) is 18.8 Å². The quantitative estimate of drug-likeness (QED) is 0.374. The molecule has 2 amide bonds. The van der Waals surface area contributed by atoms with Crippen molar-refractivity contribution in [1.29, 1.82) is 0 Å². The number of para-hydroxylation sites is 4. The maximum atomic E-state index is 15.0. The number of aromatic nitrogens is 4. The number of amides is 2. The summed E-state index contributed by atoms with van der Waals surface area (Å²) in [6, 6.07) is 18.8. The van der Waals surface area contributed by atoms with E-state index in [0.717, 1.165) is 6.07 Å². The maximum Gasteiger partial charge on any atom is 0.377 e. The summed E-state index contributed by atoms with van der Waals surface area (Å²) in [4.78, 5) is 42.3. The normalized spacial score (nSPS) is 13.3. The third kappa shape index (κ3) is 4.76. The smallest absolute Gasteiger partial charge is 0.377 e. The number of hydrogen-bond donors (Lipinski definition) is 0. The first-order valence-corrected chi connectivity index (χ1v) is 11.8. The van der Waals surface area contributed by atoms with Crippen LogP contribution in [0, 0.1) is 5.82 Å². The van der Waals surface area contributed by atoms with Gasteiger partial charge in [-0.15, -0.1) is 4.68 Å². The van der Waals surface area contributed by atoms with Crippen LogP contribution in [0.1, 0.15) is 10.4 Å². The van der Waals surface area contributed by atoms with Crippen LogP contribution in [0.2, 0.25) is 0 Å². The summed E-state index contributed by atoms with van der Waals surface area (Å²) in [5.74, 6) is -0.427. The Morgan fingerprint density at radius 3 is 2.42 bits per heavy atom. The predicted molar refractivity (Wildman–Crippen MR) is 134 cm³/mol. The van der Waals surface area contributed by atoms with Crippen LogP contribution in [0.15, 0.2) is 77.6 Å². The number of benzene rings is 3. The fourth-order valence-corrected chi connectivity index (χ4v) is 4.03. The van der Waals surface area contributed by atoms with E-state index in [1.165, 1.54) is 29.0 Å². The predicted octanol–water partition coefficient (Wildman–Crippen LogP) is 2.94. The van der Waals surface area contributed by atoms with E-state index in [2.05, 4.69) is 10.4 Å². The lowest BCUT2D eigenvalue weighted by Gasteiger charge is -2.27. The number of anilines is 1. The van der Waals surface area contributed by atoms with Gasteiger partial charge in [-0.05, 0) is 46.8 Å². The number of rotatable bonds is 5. The molecule has 4 aromatic rings. The minimum Gasteiger partial charge on any atom is -0.455 e. The van der Waals surface area contributed by atoms with Crippen molar-refractivity contribution in [1.82, 2.24) is 24.7 Å². The third-order valence-electron chi connectivity index (χ3n) is 5.97. The molecule has 0 unspecified atom stereocenters. The molecule has 3 aromatic carbocycles. The van der Waals surface area contributed by atoms with E-state index >= 15 is 0 Å². The Hall–Kier alpha value is -4.84. The molecule has 2 heterocycles. The van der Waals surface area contributed by atoms with Gasteiger partial charge >= 0.3 is 11.7 Å². The minimum atomic E-state index is -1.04. The molecule has 1 saturated heterocycles. The molecule has 0 aliphatic carbocycles. The molecule has 12 heteroatoms. The van der Waals surface area contributed by atoms with E-state index in [1.54, 1.807) is 36.4 Å². The highest BCUT2D eigenvalue weighted by Gasteiger charge is 2.28. The van der Waals surface area contributed by atoms with Crippen LogP contribution in [-0.2, 0) is 4.74 Å². The van der Waals surface area contributed by atoms with Crippen LogP contribution in [0.3, 0.4) is 0 Å². The largest absolute Gasteiger partial charge is 0.455 e. The molecule has 1 aliphatic heterocycles. The number of carbonyl (C=O) groups is 2. The second-order valence-electron chi connectivity index (χ2n) is 8.35. The summed E-state index contributed by atoms with van der Waals surface area (Å²) in [6.07, 6.45) is 0. The van der Waals surface area contributed by atoms with Gasteiger partial charge in [0, 0.05) is 20.1 Å². The first-order chi connectivity index (χ1) is 18.5. The van der Waals surface area contributed by atoms with Crippen molar-refractivity contribution in [2.24, 2.45) is 0 Å². The Labute approximate surface area is 216 Å². The average molecular weight is 519 g/mol. The van der Waals surface area contributed by atoms with Crippen molar-refractivity contribution in [3.05, 3.63) is 94.7 Å². The van der Waals surface area contributed by atoms with Crippen LogP contribution in [0.4, 0.5) is 14.9 Å². The zero-order valence-corrected chi connectivity index (χ0v) is 20.4. The van der Waals surface area contributed by atoms with Crippen LogP contribution >= 0.6 is 0 Å². The Bertz CT molecular complexity index is 1530. The molecule has 5 rings (SSSR count). The lowest BCUT2D eigenvalue weighted by molar-refractivity contribution is 0.0302. The van der Waals surface area contributed by atoms with E-state index in [1.807, 2.05) is 18.2 Å². The molecular formula is C26H23FN6O5. The summed E-state index contributed by atoms with van der Waals surface area (Å²) < 4.78 is 27.3. The van der Waals surface area contributed by atoms with Gasteiger partial charge in [-0.25, -0.2) is 14.0 Å². The molecule has 1 fully saturated rings. The van der Waals surface area contributed by atoms with Gasteiger partial charge in [0.15, 0.2) is 5.75 Å². The van der Waals surface area contributed by atoms with Crippen LogP contribution in [0.25, 0.3) is 5.69 Å². The molecule has 0 saturated carbocycles. The van der Waals surface area contributed by atoms with E-state index in [0.29, 0.717) is 52.9 Å². The van der Waals surface area contributed by atoms with Gasteiger partial charge in [0.25, 0.3) is 5.91 Å². The number of halogens is 1. The molecule has 0 radical (unpaired) electrons. The van der Waals surface area contributed by atoms with Crippen molar-refractivity contribution in [2.75, 3.05) is 38.3 Å². The summed E-state index contributed by atoms with van der Waals surface area (Å²) >= 11 is 0. The number of hydrogen-bond acceptors (Lipinski definition) is 7. The number of tetrazole rings is 1. The lowest BCUT2D eigenvalue weighted by atomic mass is 10.1. The first kappa shape index (κ1) is 24.8.